The van der Waals surface area contributed by atoms with Gasteiger partial charge in [-0.25, -0.2) is 4.98 Å². The molecule has 4 nitrogen and oxygen atoms in total. The maximum Gasteiger partial charge on any atom is 0.236 e. The van der Waals surface area contributed by atoms with E-state index >= 15 is 0 Å². The van der Waals surface area contributed by atoms with Gasteiger partial charge >= 0.3 is 0 Å². The van der Waals surface area contributed by atoms with E-state index in [1.807, 2.05) is 61.5 Å². The highest BCUT2D eigenvalue weighted by molar-refractivity contribution is 7.18. The van der Waals surface area contributed by atoms with Crippen LogP contribution in [0.5, 0.6) is 0 Å². The molecule has 25 heavy (non-hydrogen) atoms. The highest BCUT2D eigenvalue weighted by Gasteiger charge is 2.14. The molecule has 0 saturated carbocycles. The maximum absolute atomic E-state index is 12.5. The Morgan fingerprint density at radius 2 is 1.92 bits per heavy atom. The lowest BCUT2D eigenvalue weighted by molar-refractivity contribution is -0.131. The number of halogens is 1. The van der Waals surface area contributed by atoms with E-state index in [2.05, 4.69) is 11.1 Å². The van der Waals surface area contributed by atoms with Gasteiger partial charge in [-0.3, -0.25) is 9.69 Å². The second-order valence-electron chi connectivity index (χ2n) is 6.13. The topological polar surface area (TPSA) is 36.4 Å². The van der Waals surface area contributed by atoms with Crippen molar-refractivity contribution in [2.45, 2.75) is 13.1 Å². The number of thiazole rings is 1. The summed E-state index contributed by atoms with van der Waals surface area (Å²) >= 11 is 7.64. The van der Waals surface area contributed by atoms with Gasteiger partial charge in [0.1, 0.15) is 5.01 Å². The molecule has 1 heterocycles. The van der Waals surface area contributed by atoms with Crippen LogP contribution in [0.2, 0.25) is 5.02 Å². The molecule has 2 aromatic carbocycles. The van der Waals surface area contributed by atoms with E-state index in [4.69, 9.17) is 11.6 Å². The number of carbonyl (C=O) groups is 1. The molecule has 0 aliphatic heterocycles. The van der Waals surface area contributed by atoms with Crippen LogP contribution in [-0.2, 0) is 17.9 Å². The van der Waals surface area contributed by atoms with Crippen LogP contribution in [-0.4, -0.2) is 41.3 Å². The van der Waals surface area contributed by atoms with Crippen LogP contribution in [0.3, 0.4) is 0 Å². The number of nitrogens with zero attached hydrogens (tertiary/aromatic N) is 3. The third kappa shape index (κ3) is 4.78. The van der Waals surface area contributed by atoms with Crippen LogP contribution < -0.4 is 0 Å². The summed E-state index contributed by atoms with van der Waals surface area (Å²) in [6, 6.07) is 15.7. The molecule has 0 unspecified atom stereocenters. The van der Waals surface area contributed by atoms with Gasteiger partial charge in [-0.2, -0.15) is 0 Å². The average molecular weight is 374 g/mol. The SMILES string of the molecule is CN(CC(=O)N(C)Cc1nc2ccccc2s1)Cc1cccc(Cl)c1. The monoisotopic (exact) mass is 373 g/mol. The molecule has 3 rings (SSSR count). The van der Waals surface area contributed by atoms with Gasteiger partial charge in [0.05, 0.1) is 23.3 Å². The molecule has 0 radical (unpaired) electrons. The molecule has 0 aliphatic carbocycles. The first-order chi connectivity index (χ1) is 12.0. The van der Waals surface area contributed by atoms with Crippen molar-refractivity contribution < 1.29 is 4.79 Å². The van der Waals surface area contributed by atoms with Crippen molar-refractivity contribution >= 4 is 39.1 Å². The zero-order chi connectivity index (χ0) is 17.8. The molecule has 0 atom stereocenters. The number of likely N-dealkylation sites (N-methyl/N-ethyl adjacent to an activating group) is 2. The fourth-order valence-corrected chi connectivity index (χ4v) is 3.87. The van der Waals surface area contributed by atoms with E-state index in [9.17, 15) is 4.79 Å². The van der Waals surface area contributed by atoms with Gasteiger partial charge in [0.25, 0.3) is 0 Å². The van der Waals surface area contributed by atoms with E-state index < -0.39 is 0 Å². The van der Waals surface area contributed by atoms with Crippen LogP contribution in [0.1, 0.15) is 10.6 Å². The number of rotatable bonds is 6. The number of para-hydroxylation sites is 1. The minimum Gasteiger partial charge on any atom is -0.338 e. The van der Waals surface area contributed by atoms with Gasteiger partial charge in [-0.1, -0.05) is 35.9 Å². The number of hydrogen-bond acceptors (Lipinski definition) is 4. The Balaban J connectivity index is 1.56. The molecule has 6 heteroatoms. The van der Waals surface area contributed by atoms with Crippen molar-refractivity contribution in [1.29, 1.82) is 0 Å². The zero-order valence-electron chi connectivity index (χ0n) is 14.3. The fourth-order valence-electron chi connectivity index (χ4n) is 2.63. The summed E-state index contributed by atoms with van der Waals surface area (Å²) in [4.78, 5) is 20.8. The zero-order valence-corrected chi connectivity index (χ0v) is 15.8. The number of fused-ring (bicyclic) bond motifs is 1. The first kappa shape index (κ1) is 17.9. The number of aromatic nitrogens is 1. The number of benzene rings is 2. The van der Waals surface area contributed by atoms with Gasteiger partial charge < -0.3 is 4.90 Å². The average Bonchev–Trinajstić information content (AvgIpc) is 2.96. The minimum absolute atomic E-state index is 0.0729. The van der Waals surface area contributed by atoms with Gasteiger partial charge in [0.2, 0.25) is 5.91 Å². The van der Waals surface area contributed by atoms with E-state index in [1.54, 1.807) is 16.2 Å². The highest BCUT2D eigenvalue weighted by atomic mass is 35.5. The predicted molar refractivity (Wildman–Crippen MR) is 104 cm³/mol. The largest absolute Gasteiger partial charge is 0.338 e. The molecule has 1 amide bonds. The van der Waals surface area contributed by atoms with Crippen LogP contribution in [0.15, 0.2) is 48.5 Å². The summed E-state index contributed by atoms with van der Waals surface area (Å²) in [6.07, 6.45) is 0. The molecular weight excluding hydrogens is 354 g/mol. The smallest absolute Gasteiger partial charge is 0.236 e. The summed E-state index contributed by atoms with van der Waals surface area (Å²) in [7, 11) is 3.76. The molecule has 0 saturated heterocycles. The first-order valence-corrected chi connectivity index (χ1v) is 9.22. The lowest BCUT2D eigenvalue weighted by Crippen LogP contribution is -2.36. The number of carbonyl (C=O) groups excluding carboxylic acids is 1. The normalized spacial score (nSPS) is 11.2. The Morgan fingerprint density at radius 1 is 1.12 bits per heavy atom. The van der Waals surface area contributed by atoms with Crippen molar-refractivity contribution in [3.05, 3.63) is 64.1 Å². The lowest BCUT2D eigenvalue weighted by Gasteiger charge is -2.21. The molecule has 130 valence electrons. The third-order valence-electron chi connectivity index (χ3n) is 3.88. The predicted octanol–water partition coefficient (Wildman–Crippen LogP) is 4.04. The Hall–Kier alpha value is -1.95. The van der Waals surface area contributed by atoms with Crippen molar-refractivity contribution in [1.82, 2.24) is 14.8 Å². The van der Waals surface area contributed by atoms with Gasteiger partial charge in [0.15, 0.2) is 0 Å². The molecule has 0 fully saturated rings. The Kier molecular flexibility index (Phi) is 5.68. The lowest BCUT2D eigenvalue weighted by atomic mass is 10.2. The maximum atomic E-state index is 12.5. The van der Waals surface area contributed by atoms with Crippen molar-refractivity contribution in [3.63, 3.8) is 0 Å². The summed E-state index contributed by atoms with van der Waals surface area (Å²) < 4.78 is 1.15. The highest BCUT2D eigenvalue weighted by Crippen LogP contribution is 2.22. The van der Waals surface area contributed by atoms with Crippen molar-refractivity contribution in [3.8, 4) is 0 Å². The van der Waals surface area contributed by atoms with Crippen LogP contribution >= 0.6 is 22.9 Å². The molecule has 0 aliphatic rings. The van der Waals surface area contributed by atoms with Crippen LogP contribution in [0.25, 0.3) is 10.2 Å². The summed E-state index contributed by atoms with van der Waals surface area (Å²) in [5.41, 5.74) is 2.08. The fraction of sp³-hybridized carbons (Fsp3) is 0.263. The van der Waals surface area contributed by atoms with E-state index in [-0.39, 0.29) is 5.91 Å². The summed E-state index contributed by atoms with van der Waals surface area (Å²) in [5, 5.41) is 1.67. The Bertz CT molecular complexity index is 847. The van der Waals surface area contributed by atoms with Crippen LogP contribution in [0.4, 0.5) is 0 Å². The van der Waals surface area contributed by atoms with E-state index in [0.717, 1.165) is 20.8 Å². The molecule has 0 spiro atoms. The van der Waals surface area contributed by atoms with Gasteiger partial charge in [-0.15, -0.1) is 11.3 Å². The Morgan fingerprint density at radius 3 is 2.68 bits per heavy atom. The standard InChI is InChI=1S/C19H20ClN3OS/c1-22(11-14-6-5-7-15(20)10-14)13-19(24)23(2)12-18-21-16-8-3-4-9-17(16)25-18/h3-10H,11-13H2,1-2H3. The van der Waals surface area contributed by atoms with Crippen molar-refractivity contribution in [2.24, 2.45) is 0 Å². The van der Waals surface area contributed by atoms with Crippen LogP contribution in [0, 0.1) is 0 Å². The summed E-state index contributed by atoms with van der Waals surface area (Å²) in [6.45, 7) is 1.57. The van der Waals surface area contributed by atoms with Crippen molar-refractivity contribution in [2.75, 3.05) is 20.6 Å². The molecule has 0 bridgehead atoms. The quantitative estimate of drug-likeness (QED) is 0.654. The Labute approximate surface area is 156 Å². The number of hydrogen-bond donors (Lipinski definition) is 0. The molecule has 0 N–H and O–H groups in total. The van der Waals surface area contributed by atoms with Gasteiger partial charge in [-0.05, 0) is 36.9 Å². The molecular formula is C19H20ClN3OS. The molecule has 3 aromatic rings. The van der Waals surface area contributed by atoms with E-state index in [0.29, 0.717) is 24.7 Å². The minimum atomic E-state index is 0.0729. The summed E-state index contributed by atoms with van der Waals surface area (Å²) in [5.74, 6) is 0.0729. The third-order valence-corrected chi connectivity index (χ3v) is 5.14. The second-order valence-corrected chi connectivity index (χ2v) is 7.68. The van der Waals surface area contributed by atoms with E-state index in [1.165, 1.54) is 0 Å². The first-order valence-electron chi connectivity index (χ1n) is 8.02. The number of amides is 1. The second kappa shape index (κ2) is 7.95. The van der Waals surface area contributed by atoms with Gasteiger partial charge in [0, 0.05) is 18.6 Å². The molecule has 1 aromatic heterocycles.